The van der Waals surface area contributed by atoms with Crippen molar-refractivity contribution in [1.82, 2.24) is 4.98 Å². The smallest absolute Gasteiger partial charge is 0.311 e. The molecule has 0 fully saturated rings. The SMILES string of the molecule is C[C@H](OC(=O)Cc1ccc(Cl)cc1)C(=O)Nc1ccc(Cl)cn1. The number of ether oxygens (including phenoxy) is 1. The maximum Gasteiger partial charge on any atom is 0.311 e. The minimum Gasteiger partial charge on any atom is -0.452 e. The Hall–Kier alpha value is -2.11. The number of carbonyl (C=O) groups is 2. The van der Waals surface area contributed by atoms with Gasteiger partial charge in [0.1, 0.15) is 5.82 Å². The van der Waals surface area contributed by atoms with Crippen LogP contribution in [-0.4, -0.2) is 23.0 Å². The van der Waals surface area contributed by atoms with Crippen LogP contribution >= 0.6 is 23.2 Å². The Labute approximate surface area is 143 Å². The lowest BCUT2D eigenvalue weighted by atomic mass is 10.1. The van der Waals surface area contributed by atoms with E-state index in [-0.39, 0.29) is 6.42 Å². The standard InChI is InChI=1S/C16H14Cl2N2O3/c1-10(16(22)20-14-7-6-13(18)9-19-14)23-15(21)8-11-2-4-12(17)5-3-11/h2-7,9-10H,8H2,1H3,(H,19,20,22)/t10-/m0/s1. The Balaban J connectivity index is 1.86. The van der Waals surface area contributed by atoms with E-state index in [1.54, 1.807) is 36.4 Å². The number of rotatable bonds is 5. The minimum absolute atomic E-state index is 0.0635. The van der Waals surface area contributed by atoms with Crippen LogP contribution in [0.25, 0.3) is 0 Å². The van der Waals surface area contributed by atoms with Gasteiger partial charge in [-0.05, 0) is 36.8 Å². The lowest BCUT2D eigenvalue weighted by molar-refractivity contribution is -0.152. The summed E-state index contributed by atoms with van der Waals surface area (Å²) in [5.41, 5.74) is 0.756. The molecule has 0 aliphatic heterocycles. The molecule has 0 bridgehead atoms. The second-order valence-corrected chi connectivity index (χ2v) is 5.66. The summed E-state index contributed by atoms with van der Waals surface area (Å²) in [7, 11) is 0. The molecule has 1 heterocycles. The molecular weight excluding hydrogens is 339 g/mol. The van der Waals surface area contributed by atoms with Crippen molar-refractivity contribution < 1.29 is 14.3 Å². The van der Waals surface area contributed by atoms with Crippen LogP contribution in [0.1, 0.15) is 12.5 Å². The molecule has 2 aromatic rings. The number of esters is 1. The third-order valence-electron chi connectivity index (χ3n) is 2.92. The zero-order valence-electron chi connectivity index (χ0n) is 12.3. The van der Waals surface area contributed by atoms with Crippen molar-refractivity contribution in [3.63, 3.8) is 0 Å². The number of hydrogen-bond donors (Lipinski definition) is 1. The first-order valence-corrected chi connectivity index (χ1v) is 7.56. The molecule has 120 valence electrons. The summed E-state index contributed by atoms with van der Waals surface area (Å²) < 4.78 is 5.10. The van der Waals surface area contributed by atoms with Gasteiger partial charge in [0.2, 0.25) is 0 Å². The van der Waals surface area contributed by atoms with Crippen molar-refractivity contribution in [1.29, 1.82) is 0 Å². The van der Waals surface area contributed by atoms with Crippen LogP contribution in [0.2, 0.25) is 10.0 Å². The first-order chi connectivity index (χ1) is 10.9. The molecular formula is C16H14Cl2N2O3. The molecule has 1 aromatic carbocycles. The molecule has 0 spiro atoms. The van der Waals surface area contributed by atoms with Gasteiger partial charge in [-0.25, -0.2) is 4.98 Å². The van der Waals surface area contributed by atoms with Gasteiger partial charge < -0.3 is 10.1 Å². The molecule has 0 aliphatic rings. The molecule has 1 N–H and O–H groups in total. The number of nitrogens with one attached hydrogen (secondary N) is 1. The third kappa shape index (κ3) is 5.54. The summed E-state index contributed by atoms with van der Waals surface area (Å²) in [6.45, 7) is 1.49. The topological polar surface area (TPSA) is 68.3 Å². The van der Waals surface area contributed by atoms with E-state index in [0.29, 0.717) is 15.9 Å². The largest absolute Gasteiger partial charge is 0.452 e. The van der Waals surface area contributed by atoms with Crippen molar-refractivity contribution in [2.45, 2.75) is 19.4 Å². The van der Waals surface area contributed by atoms with Gasteiger partial charge >= 0.3 is 5.97 Å². The van der Waals surface area contributed by atoms with Crippen LogP contribution in [0.3, 0.4) is 0 Å². The first-order valence-electron chi connectivity index (χ1n) is 6.80. The highest BCUT2D eigenvalue weighted by Crippen LogP contribution is 2.12. The molecule has 0 saturated carbocycles. The summed E-state index contributed by atoms with van der Waals surface area (Å²) in [5, 5.41) is 3.59. The molecule has 0 saturated heterocycles. The van der Waals surface area contributed by atoms with Crippen LogP contribution in [-0.2, 0) is 20.7 Å². The average molecular weight is 353 g/mol. The second kappa shape index (κ2) is 7.94. The van der Waals surface area contributed by atoms with Crippen molar-refractivity contribution in [2.24, 2.45) is 0 Å². The van der Waals surface area contributed by atoms with Gasteiger partial charge in [0.25, 0.3) is 5.91 Å². The molecule has 0 unspecified atom stereocenters. The van der Waals surface area contributed by atoms with Crippen LogP contribution in [0.5, 0.6) is 0 Å². The molecule has 0 radical (unpaired) electrons. The maximum absolute atomic E-state index is 12.0. The van der Waals surface area contributed by atoms with Crippen molar-refractivity contribution >= 4 is 40.9 Å². The normalized spacial score (nSPS) is 11.6. The van der Waals surface area contributed by atoms with Gasteiger partial charge in [-0.2, -0.15) is 0 Å². The van der Waals surface area contributed by atoms with Crippen LogP contribution < -0.4 is 5.32 Å². The highest BCUT2D eigenvalue weighted by atomic mass is 35.5. The van der Waals surface area contributed by atoms with Gasteiger partial charge in [-0.15, -0.1) is 0 Å². The zero-order chi connectivity index (χ0) is 16.8. The van der Waals surface area contributed by atoms with E-state index >= 15 is 0 Å². The Morgan fingerprint density at radius 2 is 1.78 bits per heavy atom. The van der Waals surface area contributed by atoms with Gasteiger partial charge in [0, 0.05) is 11.2 Å². The zero-order valence-corrected chi connectivity index (χ0v) is 13.8. The Morgan fingerprint density at radius 1 is 1.13 bits per heavy atom. The summed E-state index contributed by atoms with van der Waals surface area (Å²) >= 11 is 11.5. The Kier molecular flexibility index (Phi) is 5.96. The molecule has 1 atom stereocenters. The van der Waals surface area contributed by atoms with Gasteiger partial charge in [0.05, 0.1) is 11.4 Å². The number of nitrogens with zero attached hydrogens (tertiary/aromatic N) is 1. The lowest BCUT2D eigenvalue weighted by Gasteiger charge is -2.13. The van der Waals surface area contributed by atoms with E-state index in [2.05, 4.69) is 10.3 Å². The van der Waals surface area contributed by atoms with E-state index in [9.17, 15) is 9.59 Å². The predicted octanol–water partition coefficient (Wildman–Crippen LogP) is 3.50. The van der Waals surface area contributed by atoms with Crippen molar-refractivity contribution in [3.05, 3.63) is 58.2 Å². The maximum atomic E-state index is 12.0. The van der Waals surface area contributed by atoms with E-state index < -0.39 is 18.0 Å². The van der Waals surface area contributed by atoms with E-state index in [1.807, 2.05) is 0 Å². The number of pyridine rings is 1. The van der Waals surface area contributed by atoms with Gasteiger partial charge in [0.15, 0.2) is 6.10 Å². The average Bonchev–Trinajstić information content (AvgIpc) is 2.51. The molecule has 7 heteroatoms. The molecule has 1 amide bonds. The number of anilines is 1. The quantitative estimate of drug-likeness (QED) is 0.836. The van der Waals surface area contributed by atoms with Crippen molar-refractivity contribution in [2.75, 3.05) is 5.32 Å². The molecule has 2 rings (SSSR count). The molecule has 5 nitrogen and oxygen atoms in total. The summed E-state index contributed by atoms with van der Waals surface area (Å²) in [6, 6.07) is 9.99. The molecule has 0 aliphatic carbocycles. The number of carbonyl (C=O) groups excluding carboxylic acids is 2. The number of benzene rings is 1. The second-order valence-electron chi connectivity index (χ2n) is 4.79. The van der Waals surface area contributed by atoms with Crippen LogP contribution in [0, 0.1) is 0 Å². The Bertz CT molecular complexity index is 687. The fourth-order valence-corrected chi connectivity index (χ4v) is 1.98. The third-order valence-corrected chi connectivity index (χ3v) is 3.39. The molecule has 23 heavy (non-hydrogen) atoms. The predicted molar refractivity (Wildman–Crippen MR) is 88.6 cm³/mol. The number of amides is 1. The monoisotopic (exact) mass is 352 g/mol. The highest BCUT2D eigenvalue weighted by Gasteiger charge is 2.18. The first kappa shape index (κ1) is 17.2. The lowest BCUT2D eigenvalue weighted by Crippen LogP contribution is -2.30. The van der Waals surface area contributed by atoms with Crippen LogP contribution in [0.15, 0.2) is 42.6 Å². The van der Waals surface area contributed by atoms with E-state index in [4.69, 9.17) is 27.9 Å². The van der Waals surface area contributed by atoms with E-state index in [0.717, 1.165) is 5.56 Å². The van der Waals surface area contributed by atoms with Gasteiger partial charge in [-0.1, -0.05) is 35.3 Å². The summed E-state index contributed by atoms with van der Waals surface area (Å²) in [4.78, 5) is 27.7. The van der Waals surface area contributed by atoms with Gasteiger partial charge in [-0.3, -0.25) is 9.59 Å². The van der Waals surface area contributed by atoms with E-state index in [1.165, 1.54) is 13.1 Å². The van der Waals surface area contributed by atoms with Crippen LogP contribution in [0.4, 0.5) is 5.82 Å². The summed E-state index contributed by atoms with van der Waals surface area (Å²) in [5.74, 6) is -0.636. The highest BCUT2D eigenvalue weighted by molar-refractivity contribution is 6.30. The Morgan fingerprint density at radius 3 is 2.39 bits per heavy atom. The number of hydrogen-bond acceptors (Lipinski definition) is 4. The molecule has 1 aromatic heterocycles. The fraction of sp³-hybridized carbons (Fsp3) is 0.188. The minimum atomic E-state index is -0.938. The number of halogens is 2. The van der Waals surface area contributed by atoms with Crippen molar-refractivity contribution in [3.8, 4) is 0 Å². The number of aromatic nitrogens is 1. The fourth-order valence-electron chi connectivity index (χ4n) is 1.74. The summed E-state index contributed by atoms with van der Waals surface area (Å²) in [6.07, 6.45) is 0.537.